The number of carboxylic acid groups (broad SMARTS) is 1. The van der Waals surface area contributed by atoms with Crippen LogP contribution >= 0.6 is 0 Å². The van der Waals surface area contributed by atoms with Gasteiger partial charge < -0.3 is 15.7 Å². The average Bonchev–Trinajstić information content (AvgIpc) is 2.88. The largest absolute Gasteiger partial charge is 0.480 e. The smallest absolute Gasteiger partial charge is 0.325 e. The molecule has 0 atom stereocenters. The minimum atomic E-state index is -1.01. The number of aromatic nitrogens is 4. The average molecular weight is 264 g/mol. The van der Waals surface area contributed by atoms with E-state index in [1.807, 2.05) is 0 Å². The molecule has 19 heavy (non-hydrogen) atoms. The van der Waals surface area contributed by atoms with Crippen LogP contribution in [0.25, 0.3) is 0 Å². The van der Waals surface area contributed by atoms with Gasteiger partial charge in [0, 0.05) is 19.4 Å². The maximum atomic E-state index is 11.6. The fraction of sp³-hybridized carbons (Fsp3) is 0.200. The molecule has 9 heteroatoms. The van der Waals surface area contributed by atoms with Crippen LogP contribution in [0.1, 0.15) is 0 Å². The second-order valence-corrected chi connectivity index (χ2v) is 3.80. The molecule has 0 radical (unpaired) electrons. The number of hydrogen-bond donors (Lipinski definition) is 3. The molecule has 0 saturated carbocycles. The van der Waals surface area contributed by atoms with Gasteiger partial charge in [-0.2, -0.15) is 10.2 Å². The fourth-order valence-corrected chi connectivity index (χ4v) is 1.43. The maximum Gasteiger partial charge on any atom is 0.325 e. The Bertz CT molecular complexity index is 602. The molecular weight excluding hydrogens is 252 g/mol. The van der Waals surface area contributed by atoms with Crippen LogP contribution < -0.4 is 10.6 Å². The van der Waals surface area contributed by atoms with Gasteiger partial charge in [-0.25, -0.2) is 4.79 Å². The van der Waals surface area contributed by atoms with Crippen molar-refractivity contribution in [1.82, 2.24) is 19.6 Å². The normalized spacial score (nSPS) is 10.2. The van der Waals surface area contributed by atoms with E-state index < -0.39 is 12.0 Å². The maximum absolute atomic E-state index is 11.6. The van der Waals surface area contributed by atoms with Crippen LogP contribution in [-0.4, -0.2) is 36.7 Å². The monoisotopic (exact) mass is 264 g/mol. The molecule has 0 fully saturated rings. The van der Waals surface area contributed by atoms with Gasteiger partial charge in [-0.1, -0.05) is 0 Å². The van der Waals surface area contributed by atoms with Crippen molar-refractivity contribution in [3.63, 3.8) is 0 Å². The highest BCUT2D eigenvalue weighted by molar-refractivity contribution is 5.99. The third-order valence-corrected chi connectivity index (χ3v) is 2.15. The molecule has 0 aliphatic rings. The van der Waals surface area contributed by atoms with Crippen molar-refractivity contribution >= 4 is 23.4 Å². The van der Waals surface area contributed by atoms with Crippen LogP contribution in [0.2, 0.25) is 0 Å². The zero-order chi connectivity index (χ0) is 13.8. The number of anilines is 2. The number of carboxylic acids is 1. The molecular formula is C10H12N6O3. The zero-order valence-electron chi connectivity index (χ0n) is 10.1. The summed E-state index contributed by atoms with van der Waals surface area (Å²) in [4.78, 5) is 22.1. The van der Waals surface area contributed by atoms with Gasteiger partial charge >= 0.3 is 12.0 Å². The summed E-state index contributed by atoms with van der Waals surface area (Å²) in [6.07, 6.45) is 5.95. The Morgan fingerprint density at radius 1 is 1.21 bits per heavy atom. The summed E-state index contributed by atoms with van der Waals surface area (Å²) in [5, 5.41) is 21.4. The number of hydrogen-bond acceptors (Lipinski definition) is 4. The Hall–Kier alpha value is -2.84. The Morgan fingerprint density at radius 3 is 2.42 bits per heavy atom. The first-order valence-electron chi connectivity index (χ1n) is 5.34. The molecule has 2 amide bonds. The number of aryl methyl sites for hydroxylation is 1. The van der Waals surface area contributed by atoms with E-state index in [-0.39, 0.29) is 6.54 Å². The second kappa shape index (κ2) is 5.21. The second-order valence-electron chi connectivity index (χ2n) is 3.80. The Kier molecular flexibility index (Phi) is 3.46. The molecule has 2 heterocycles. The number of nitrogens with zero attached hydrogens (tertiary/aromatic N) is 4. The first kappa shape index (κ1) is 12.6. The quantitative estimate of drug-likeness (QED) is 0.737. The van der Waals surface area contributed by atoms with E-state index in [0.717, 1.165) is 0 Å². The third kappa shape index (κ3) is 3.56. The van der Waals surface area contributed by atoms with Gasteiger partial charge in [-0.3, -0.25) is 14.2 Å². The molecule has 0 saturated heterocycles. The summed E-state index contributed by atoms with van der Waals surface area (Å²) in [5.41, 5.74) is 0.959. The van der Waals surface area contributed by atoms with Gasteiger partial charge in [0.15, 0.2) is 0 Å². The number of nitrogens with one attached hydrogen (secondary N) is 2. The molecule has 0 aromatic carbocycles. The van der Waals surface area contributed by atoms with Crippen molar-refractivity contribution in [2.24, 2.45) is 7.05 Å². The Morgan fingerprint density at radius 2 is 1.84 bits per heavy atom. The molecule has 100 valence electrons. The van der Waals surface area contributed by atoms with Gasteiger partial charge in [-0.05, 0) is 0 Å². The van der Waals surface area contributed by atoms with Crippen molar-refractivity contribution in [2.75, 3.05) is 10.6 Å². The number of rotatable bonds is 4. The first-order chi connectivity index (χ1) is 9.02. The van der Waals surface area contributed by atoms with E-state index >= 15 is 0 Å². The molecule has 0 unspecified atom stereocenters. The highest BCUT2D eigenvalue weighted by atomic mass is 16.4. The van der Waals surface area contributed by atoms with E-state index in [9.17, 15) is 9.59 Å². The molecule has 0 bridgehead atoms. The highest BCUT2D eigenvalue weighted by Gasteiger charge is 2.07. The molecule has 0 aliphatic heterocycles. The van der Waals surface area contributed by atoms with E-state index in [1.54, 1.807) is 17.9 Å². The lowest BCUT2D eigenvalue weighted by atomic mass is 10.5. The summed E-state index contributed by atoms with van der Waals surface area (Å²) >= 11 is 0. The molecule has 3 N–H and O–H groups in total. The summed E-state index contributed by atoms with van der Waals surface area (Å²) in [6.45, 7) is -0.258. The van der Waals surface area contributed by atoms with Crippen LogP contribution in [0.3, 0.4) is 0 Å². The summed E-state index contributed by atoms with van der Waals surface area (Å²) < 4.78 is 2.77. The van der Waals surface area contributed by atoms with E-state index in [4.69, 9.17) is 5.11 Å². The van der Waals surface area contributed by atoms with Crippen LogP contribution in [0.5, 0.6) is 0 Å². The zero-order valence-corrected chi connectivity index (χ0v) is 10.1. The van der Waals surface area contributed by atoms with Crippen LogP contribution in [0.15, 0.2) is 24.8 Å². The van der Waals surface area contributed by atoms with Crippen LogP contribution in [0, 0.1) is 0 Å². The molecule has 0 aliphatic carbocycles. The van der Waals surface area contributed by atoms with Gasteiger partial charge in [0.25, 0.3) is 0 Å². The van der Waals surface area contributed by atoms with Crippen molar-refractivity contribution in [3.05, 3.63) is 24.8 Å². The molecule has 9 nitrogen and oxygen atoms in total. The minimum Gasteiger partial charge on any atom is -0.480 e. The fourth-order valence-electron chi connectivity index (χ4n) is 1.43. The predicted octanol–water partition coefficient (Wildman–Crippen LogP) is 0.345. The molecule has 2 aromatic heterocycles. The van der Waals surface area contributed by atoms with Crippen molar-refractivity contribution in [1.29, 1.82) is 0 Å². The van der Waals surface area contributed by atoms with Crippen molar-refractivity contribution < 1.29 is 14.7 Å². The lowest BCUT2D eigenvalue weighted by molar-refractivity contribution is -0.137. The Balaban J connectivity index is 1.91. The number of urea groups is 1. The number of amides is 2. The SMILES string of the molecule is Cn1cc(NC(=O)Nc2cnn(CC(=O)O)c2)cn1. The molecule has 2 aromatic rings. The van der Waals surface area contributed by atoms with Crippen molar-refractivity contribution in [2.45, 2.75) is 6.54 Å². The summed E-state index contributed by atoms with van der Waals surface area (Å²) in [5.74, 6) is -1.01. The summed E-state index contributed by atoms with van der Waals surface area (Å²) in [7, 11) is 1.74. The number of carbonyl (C=O) groups is 2. The highest BCUT2D eigenvalue weighted by Crippen LogP contribution is 2.07. The number of carbonyl (C=O) groups excluding carboxylic acids is 1. The van der Waals surface area contributed by atoms with E-state index in [2.05, 4.69) is 20.8 Å². The van der Waals surface area contributed by atoms with Crippen molar-refractivity contribution in [3.8, 4) is 0 Å². The first-order valence-corrected chi connectivity index (χ1v) is 5.34. The minimum absolute atomic E-state index is 0.258. The standard InChI is InChI=1S/C10H12N6O3/c1-15-4-7(2-11-15)13-10(19)14-8-3-12-16(5-8)6-9(17)18/h2-5H,6H2,1H3,(H,17,18)(H2,13,14,19). The topological polar surface area (TPSA) is 114 Å². The van der Waals surface area contributed by atoms with Crippen LogP contribution in [0.4, 0.5) is 16.2 Å². The lowest BCUT2D eigenvalue weighted by Gasteiger charge is -2.02. The molecule has 2 rings (SSSR count). The van der Waals surface area contributed by atoms with Crippen LogP contribution in [-0.2, 0) is 18.4 Å². The van der Waals surface area contributed by atoms with Gasteiger partial charge in [0.2, 0.25) is 0 Å². The summed E-state index contributed by atoms with van der Waals surface area (Å²) in [6, 6.07) is -0.456. The van der Waals surface area contributed by atoms with E-state index in [0.29, 0.717) is 11.4 Å². The molecule has 0 spiro atoms. The van der Waals surface area contributed by atoms with Gasteiger partial charge in [0.05, 0.1) is 23.8 Å². The van der Waals surface area contributed by atoms with Gasteiger partial charge in [0.1, 0.15) is 6.54 Å². The van der Waals surface area contributed by atoms with E-state index in [1.165, 1.54) is 23.3 Å². The third-order valence-electron chi connectivity index (χ3n) is 2.15. The number of aliphatic carboxylic acids is 1. The lowest BCUT2D eigenvalue weighted by Crippen LogP contribution is -2.18. The Labute approximate surface area is 107 Å². The van der Waals surface area contributed by atoms with Gasteiger partial charge in [-0.15, -0.1) is 0 Å². The predicted molar refractivity (Wildman–Crippen MR) is 65.7 cm³/mol.